The van der Waals surface area contributed by atoms with Crippen molar-refractivity contribution < 1.29 is 14.9 Å². The van der Waals surface area contributed by atoms with E-state index >= 15 is 0 Å². The fourth-order valence-corrected chi connectivity index (χ4v) is 3.93. The highest BCUT2D eigenvalue weighted by Gasteiger charge is 2.26. The van der Waals surface area contributed by atoms with Gasteiger partial charge in [-0.05, 0) is 40.8 Å². The Morgan fingerprint density at radius 2 is 1.09 bits per heavy atom. The van der Waals surface area contributed by atoms with Crippen molar-refractivity contribution in [1.29, 1.82) is 0 Å². The van der Waals surface area contributed by atoms with E-state index in [0.717, 1.165) is 28.0 Å². The molecule has 3 atom stereocenters. The molecule has 0 aliphatic rings. The lowest BCUT2D eigenvalue weighted by molar-refractivity contribution is 0.0933. The standard InChI is InChI=1S/C29H28O3/c30-28(24-16-18-26(19-17-24)32-21-22-10-4-1-5-11-22)20-27(23-12-6-2-7-13-23)29(31)25-14-8-3-9-15-25/h1-19,27-31H,20-21H2. The fraction of sp³-hybridized carbons (Fsp3) is 0.172. The van der Waals surface area contributed by atoms with Crippen molar-refractivity contribution in [2.75, 3.05) is 0 Å². The molecule has 0 heterocycles. The molecular formula is C29H28O3. The first-order valence-electron chi connectivity index (χ1n) is 10.9. The molecule has 32 heavy (non-hydrogen) atoms. The molecule has 3 unspecified atom stereocenters. The fourth-order valence-electron chi connectivity index (χ4n) is 3.93. The van der Waals surface area contributed by atoms with E-state index in [1.165, 1.54) is 0 Å². The molecule has 0 saturated carbocycles. The van der Waals surface area contributed by atoms with Crippen LogP contribution in [0, 0.1) is 0 Å². The summed E-state index contributed by atoms with van der Waals surface area (Å²) in [5.41, 5.74) is 3.76. The Bertz CT molecular complexity index is 1060. The van der Waals surface area contributed by atoms with Crippen molar-refractivity contribution in [2.45, 2.75) is 31.2 Å². The van der Waals surface area contributed by atoms with Crippen LogP contribution >= 0.6 is 0 Å². The maximum Gasteiger partial charge on any atom is 0.119 e. The lowest BCUT2D eigenvalue weighted by atomic mass is 9.83. The van der Waals surface area contributed by atoms with Crippen LogP contribution in [0.5, 0.6) is 5.75 Å². The topological polar surface area (TPSA) is 49.7 Å². The zero-order valence-electron chi connectivity index (χ0n) is 17.9. The largest absolute Gasteiger partial charge is 0.489 e. The number of hydrogen-bond acceptors (Lipinski definition) is 3. The predicted molar refractivity (Wildman–Crippen MR) is 127 cm³/mol. The van der Waals surface area contributed by atoms with Gasteiger partial charge in [-0.3, -0.25) is 0 Å². The predicted octanol–water partition coefficient (Wildman–Crippen LogP) is 6.21. The highest BCUT2D eigenvalue weighted by molar-refractivity contribution is 5.31. The molecular weight excluding hydrogens is 396 g/mol. The Labute approximate surface area is 189 Å². The van der Waals surface area contributed by atoms with Crippen molar-refractivity contribution >= 4 is 0 Å². The monoisotopic (exact) mass is 424 g/mol. The van der Waals surface area contributed by atoms with Gasteiger partial charge in [0.05, 0.1) is 12.2 Å². The van der Waals surface area contributed by atoms with Crippen LogP contribution < -0.4 is 4.74 Å². The summed E-state index contributed by atoms with van der Waals surface area (Å²) < 4.78 is 5.85. The number of rotatable bonds is 9. The minimum absolute atomic E-state index is 0.234. The van der Waals surface area contributed by atoms with Crippen molar-refractivity contribution in [2.24, 2.45) is 0 Å². The van der Waals surface area contributed by atoms with E-state index in [1.807, 2.05) is 115 Å². The quantitative estimate of drug-likeness (QED) is 0.336. The van der Waals surface area contributed by atoms with Crippen LogP contribution in [0.1, 0.15) is 46.8 Å². The Balaban J connectivity index is 1.46. The number of aliphatic hydroxyl groups excluding tert-OH is 2. The molecule has 162 valence electrons. The van der Waals surface area contributed by atoms with E-state index in [9.17, 15) is 10.2 Å². The normalized spacial score (nSPS) is 13.8. The molecule has 0 aliphatic heterocycles. The van der Waals surface area contributed by atoms with Gasteiger partial charge in [0.2, 0.25) is 0 Å². The van der Waals surface area contributed by atoms with Gasteiger partial charge in [0.1, 0.15) is 12.4 Å². The number of aliphatic hydroxyl groups is 2. The number of benzene rings is 4. The average Bonchev–Trinajstić information content (AvgIpc) is 2.87. The lowest BCUT2D eigenvalue weighted by Crippen LogP contribution is -2.15. The van der Waals surface area contributed by atoms with E-state index in [1.54, 1.807) is 0 Å². The highest BCUT2D eigenvalue weighted by atomic mass is 16.5. The zero-order valence-corrected chi connectivity index (χ0v) is 17.9. The van der Waals surface area contributed by atoms with Crippen molar-refractivity contribution in [3.63, 3.8) is 0 Å². The van der Waals surface area contributed by atoms with Gasteiger partial charge in [0, 0.05) is 5.92 Å². The summed E-state index contributed by atoms with van der Waals surface area (Å²) in [6.07, 6.45) is -1.01. The van der Waals surface area contributed by atoms with E-state index < -0.39 is 12.2 Å². The lowest BCUT2D eigenvalue weighted by Gasteiger charge is -2.26. The van der Waals surface area contributed by atoms with Crippen LogP contribution in [-0.2, 0) is 6.61 Å². The number of ether oxygens (including phenoxy) is 1. The van der Waals surface area contributed by atoms with Gasteiger partial charge in [-0.25, -0.2) is 0 Å². The molecule has 4 aromatic carbocycles. The molecule has 0 saturated heterocycles. The molecule has 0 bridgehead atoms. The van der Waals surface area contributed by atoms with Gasteiger partial charge < -0.3 is 14.9 Å². The smallest absolute Gasteiger partial charge is 0.119 e. The molecule has 0 spiro atoms. The van der Waals surface area contributed by atoms with Crippen molar-refractivity contribution in [3.8, 4) is 5.75 Å². The Hall–Kier alpha value is -3.40. The van der Waals surface area contributed by atoms with E-state index in [0.29, 0.717) is 13.0 Å². The second-order valence-electron chi connectivity index (χ2n) is 7.97. The molecule has 2 N–H and O–H groups in total. The van der Waals surface area contributed by atoms with Crippen LogP contribution in [0.3, 0.4) is 0 Å². The summed E-state index contributed by atoms with van der Waals surface area (Å²) in [5, 5.41) is 22.1. The third-order valence-corrected chi connectivity index (χ3v) is 5.74. The second kappa shape index (κ2) is 10.8. The molecule has 3 nitrogen and oxygen atoms in total. The summed E-state index contributed by atoms with van der Waals surface area (Å²) in [6, 6.07) is 37.1. The van der Waals surface area contributed by atoms with Crippen LogP contribution in [0.15, 0.2) is 115 Å². The average molecular weight is 425 g/mol. The summed E-state index contributed by atoms with van der Waals surface area (Å²) in [6.45, 7) is 0.502. The third kappa shape index (κ3) is 5.64. The number of hydrogen-bond donors (Lipinski definition) is 2. The minimum atomic E-state index is -0.707. The Kier molecular flexibility index (Phi) is 7.34. The van der Waals surface area contributed by atoms with Crippen molar-refractivity contribution in [1.82, 2.24) is 0 Å². The van der Waals surface area contributed by atoms with E-state index in [4.69, 9.17) is 4.74 Å². The first-order chi connectivity index (χ1) is 15.7. The zero-order chi connectivity index (χ0) is 22.2. The molecule has 0 aromatic heterocycles. The van der Waals surface area contributed by atoms with Gasteiger partial charge in [-0.2, -0.15) is 0 Å². The van der Waals surface area contributed by atoms with Gasteiger partial charge in [0.25, 0.3) is 0 Å². The summed E-state index contributed by atoms with van der Waals surface area (Å²) in [7, 11) is 0. The van der Waals surface area contributed by atoms with Gasteiger partial charge >= 0.3 is 0 Å². The molecule has 0 radical (unpaired) electrons. The van der Waals surface area contributed by atoms with Crippen molar-refractivity contribution in [3.05, 3.63) is 138 Å². The van der Waals surface area contributed by atoms with Crippen LogP contribution in [0.4, 0.5) is 0 Å². The molecule has 0 amide bonds. The maximum atomic E-state index is 11.1. The highest BCUT2D eigenvalue weighted by Crippen LogP contribution is 2.38. The summed E-state index contributed by atoms with van der Waals surface area (Å²) in [4.78, 5) is 0. The SMILES string of the molecule is OC(CC(c1ccccc1)C(O)c1ccccc1)c1ccc(OCc2ccccc2)cc1. The van der Waals surface area contributed by atoms with Gasteiger partial charge in [0.15, 0.2) is 0 Å². The van der Waals surface area contributed by atoms with Gasteiger partial charge in [-0.1, -0.05) is 103 Å². The van der Waals surface area contributed by atoms with Gasteiger partial charge in [-0.15, -0.1) is 0 Å². The molecule has 4 rings (SSSR count). The molecule has 4 aromatic rings. The van der Waals surface area contributed by atoms with E-state index in [-0.39, 0.29) is 5.92 Å². The first kappa shape index (κ1) is 21.8. The molecule has 0 fully saturated rings. The summed E-state index contributed by atoms with van der Waals surface area (Å²) in [5.74, 6) is 0.524. The van der Waals surface area contributed by atoms with Crippen LogP contribution in [-0.4, -0.2) is 10.2 Å². The maximum absolute atomic E-state index is 11.1. The van der Waals surface area contributed by atoms with Crippen LogP contribution in [0.25, 0.3) is 0 Å². The molecule has 3 heteroatoms. The molecule has 0 aliphatic carbocycles. The minimum Gasteiger partial charge on any atom is -0.489 e. The third-order valence-electron chi connectivity index (χ3n) is 5.74. The Morgan fingerprint density at radius 1 is 0.562 bits per heavy atom. The second-order valence-corrected chi connectivity index (χ2v) is 7.97. The van der Waals surface area contributed by atoms with Crippen LogP contribution in [0.2, 0.25) is 0 Å². The summed E-state index contributed by atoms with van der Waals surface area (Å²) >= 11 is 0. The first-order valence-corrected chi connectivity index (χ1v) is 10.9. The van der Waals surface area contributed by atoms with E-state index in [2.05, 4.69) is 0 Å². The Morgan fingerprint density at radius 3 is 1.69 bits per heavy atom.